The molecule has 3 heterocycles. The van der Waals surface area contributed by atoms with Gasteiger partial charge in [0.15, 0.2) is 0 Å². The third kappa shape index (κ3) is 5.19. The van der Waals surface area contributed by atoms with Crippen LogP contribution in [0.25, 0.3) is 21.8 Å². The number of benzene rings is 2. The predicted molar refractivity (Wildman–Crippen MR) is 151 cm³/mol. The van der Waals surface area contributed by atoms with Crippen LogP contribution < -0.4 is 4.90 Å². The molecule has 5 rings (SSSR count). The van der Waals surface area contributed by atoms with Gasteiger partial charge in [-0.25, -0.2) is 4.98 Å². The number of methoxy groups -OCH3 is 1. The molecule has 37 heavy (non-hydrogen) atoms. The maximum Gasteiger partial charge on any atom is 0.256 e. The summed E-state index contributed by atoms with van der Waals surface area (Å²) in [5.74, 6) is 0.906. The first-order valence-electron chi connectivity index (χ1n) is 12.7. The number of aryl methyl sites for hydroxylation is 2. The maximum absolute atomic E-state index is 14.0. The van der Waals surface area contributed by atoms with E-state index in [1.807, 2.05) is 24.0 Å². The molecule has 4 aromatic rings. The number of amides is 1. The minimum atomic E-state index is -0.0188. The Morgan fingerprint density at radius 2 is 2.00 bits per heavy atom. The van der Waals surface area contributed by atoms with E-state index in [4.69, 9.17) is 14.5 Å². The molecule has 1 amide bonds. The Hall–Kier alpha value is -3.07. The van der Waals surface area contributed by atoms with E-state index in [2.05, 4.69) is 53.4 Å². The monoisotopic (exact) mass is 518 g/mol. The Kier molecular flexibility index (Phi) is 7.69. The standard InChI is InChI=1S/C29H34N4O3S/c1-19-20(2)30-27-24(19)6-5-7-25(27)29(34)33(10-13-35-3)18-22-16-21-8-9-23(37-4)17-26(21)31-28(22)32-11-14-36-15-12-32/h5-9,16-17,30H,10-15,18H2,1-4H3. The van der Waals surface area contributed by atoms with Crippen LogP contribution in [0.1, 0.15) is 27.2 Å². The number of H-pyrrole nitrogens is 1. The summed E-state index contributed by atoms with van der Waals surface area (Å²) in [5.41, 5.74) is 5.81. The lowest BCUT2D eigenvalue weighted by molar-refractivity contribution is 0.0682. The number of morpholine rings is 1. The summed E-state index contributed by atoms with van der Waals surface area (Å²) in [4.78, 5) is 27.9. The van der Waals surface area contributed by atoms with Gasteiger partial charge in [-0.05, 0) is 49.9 Å². The van der Waals surface area contributed by atoms with Crippen LogP contribution >= 0.6 is 11.8 Å². The van der Waals surface area contributed by atoms with Crippen molar-refractivity contribution >= 4 is 45.3 Å². The molecule has 1 aliphatic heterocycles. The number of thioether (sulfide) groups is 1. The number of pyridine rings is 1. The fraction of sp³-hybridized carbons (Fsp3) is 0.379. The molecular weight excluding hydrogens is 484 g/mol. The largest absolute Gasteiger partial charge is 0.383 e. The van der Waals surface area contributed by atoms with Crippen LogP contribution in [0, 0.1) is 13.8 Å². The van der Waals surface area contributed by atoms with Crippen LogP contribution in [0.3, 0.4) is 0 Å². The molecule has 0 aliphatic carbocycles. The van der Waals surface area contributed by atoms with E-state index in [1.54, 1.807) is 18.9 Å². The molecule has 2 aromatic carbocycles. The molecule has 194 valence electrons. The smallest absolute Gasteiger partial charge is 0.256 e. The molecule has 7 nitrogen and oxygen atoms in total. The summed E-state index contributed by atoms with van der Waals surface area (Å²) in [6, 6.07) is 14.5. The van der Waals surface area contributed by atoms with Crippen molar-refractivity contribution in [3.8, 4) is 0 Å². The van der Waals surface area contributed by atoms with E-state index in [-0.39, 0.29) is 5.91 Å². The third-order valence-electron chi connectivity index (χ3n) is 7.18. The predicted octanol–water partition coefficient (Wildman–Crippen LogP) is 5.18. The second-order valence-corrected chi connectivity index (χ2v) is 10.3. The van der Waals surface area contributed by atoms with E-state index < -0.39 is 0 Å². The molecule has 0 atom stereocenters. The summed E-state index contributed by atoms with van der Waals surface area (Å²) < 4.78 is 11.0. The van der Waals surface area contributed by atoms with Gasteiger partial charge in [0, 0.05) is 60.2 Å². The molecule has 0 bridgehead atoms. The molecule has 1 saturated heterocycles. The number of ether oxygens (including phenoxy) is 2. The van der Waals surface area contributed by atoms with Gasteiger partial charge in [0.2, 0.25) is 0 Å². The Morgan fingerprint density at radius 1 is 1.19 bits per heavy atom. The molecule has 0 unspecified atom stereocenters. The van der Waals surface area contributed by atoms with Crippen molar-refractivity contribution in [1.82, 2.24) is 14.9 Å². The first-order chi connectivity index (χ1) is 18.0. The number of aromatic amines is 1. The number of aromatic nitrogens is 2. The minimum absolute atomic E-state index is 0.0188. The molecule has 1 fully saturated rings. The highest BCUT2D eigenvalue weighted by Gasteiger charge is 2.24. The van der Waals surface area contributed by atoms with Crippen LogP contribution in [-0.4, -0.2) is 73.6 Å². The molecule has 0 saturated carbocycles. The number of rotatable bonds is 8. The van der Waals surface area contributed by atoms with Crippen molar-refractivity contribution in [2.24, 2.45) is 0 Å². The van der Waals surface area contributed by atoms with Gasteiger partial charge in [0.05, 0.1) is 36.4 Å². The highest BCUT2D eigenvalue weighted by atomic mass is 32.2. The lowest BCUT2D eigenvalue weighted by Crippen LogP contribution is -2.39. The average Bonchev–Trinajstić information content (AvgIpc) is 3.23. The van der Waals surface area contributed by atoms with Crippen LogP contribution in [0.15, 0.2) is 47.4 Å². The third-order valence-corrected chi connectivity index (χ3v) is 7.90. The second-order valence-electron chi connectivity index (χ2n) is 9.45. The first-order valence-corrected chi connectivity index (χ1v) is 13.9. The minimum Gasteiger partial charge on any atom is -0.383 e. The van der Waals surface area contributed by atoms with Crippen molar-refractivity contribution < 1.29 is 14.3 Å². The Bertz CT molecular complexity index is 1430. The van der Waals surface area contributed by atoms with Crippen molar-refractivity contribution in [2.45, 2.75) is 25.3 Å². The quantitative estimate of drug-likeness (QED) is 0.324. The maximum atomic E-state index is 14.0. The lowest BCUT2D eigenvalue weighted by atomic mass is 10.1. The Balaban J connectivity index is 1.56. The lowest BCUT2D eigenvalue weighted by Gasteiger charge is -2.31. The molecule has 0 spiro atoms. The highest BCUT2D eigenvalue weighted by molar-refractivity contribution is 7.98. The van der Waals surface area contributed by atoms with E-state index in [0.717, 1.165) is 52.0 Å². The number of fused-ring (bicyclic) bond motifs is 2. The van der Waals surface area contributed by atoms with E-state index >= 15 is 0 Å². The van der Waals surface area contributed by atoms with Crippen LogP contribution in [-0.2, 0) is 16.0 Å². The number of carbonyl (C=O) groups excluding carboxylic acids is 1. The van der Waals surface area contributed by atoms with Gasteiger partial charge in [-0.1, -0.05) is 18.2 Å². The second kappa shape index (κ2) is 11.1. The van der Waals surface area contributed by atoms with Crippen molar-refractivity contribution in [1.29, 1.82) is 0 Å². The number of hydrogen-bond donors (Lipinski definition) is 1. The van der Waals surface area contributed by atoms with E-state index in [9.17, 15) is 4.79 Å². The summed E-state index contributed by atoms with van der Waals surface area (Å²) in [7, 11) is 1.67. The van der Waals surface area contributed by atoms with Gasteiger partial charge >= 0.3 is 0 Å². The van der Waals surface area contributed by atoms with E-state index in [1.165, 1.54) is 10.5 Å². The number of anilines is 1. The number of nitrogens with one attached hydrogen (secondary N) is 1. The normalized spacial score (nSPS) is 14.0. The summed E-state index contributed by atoms with van der Waals surface area (Å²) >= 11 is 1.71. The van der Waals surface area contributed by atoms with Gasteiger partial charge in [-0.15, -0.1) is 11.8 Å². The Morgan fingerprint density at radius 3 is 2.76 bits per heavy atom. The van der Waals surface area contributed by atoms with Gasteiger partial charge < -0.3 is 24.3 Å². The van der Waals surface area contributed by atoms with E-state index in [0.29, 0.717) is 38.5 Å². The van der Waals surface area contributed by atoms with Crippen molar-refractivity contribution in [3.63, 3.8) is 0 Å². The molecular formula is C29H34N4O3S. The zero-order valence-corrected chi connectivity index (χ0v) is 22.8. The number of carbonyl (C=O) groups is 1. The first kappa shape index (κ1) is 25.6. The fourth-order valence-electron chi connectivity index (χ4n) is 4.96. The molecule has 0 radical (unpaired) electrons. The Labute approximate surface area is 222 Å². The summed E-state index contributed by atoms with van der Waals surface area (Å²) in [5, 5.41) is 2.16. The molecule has 1 aliphatic rings. The number of hydrogen-bond acceptors (Lipinski definition) is 6. The zero-order chi connectivity index (χ0) is 25.9. The zero-order valence-electron chi connectivity index (χ0n) is 22.0. The van der Waals surface area contributed by atoms with Crippen LogP contribution in [0.2, 0.25) is 0 Å². The van der Waals surface area contributed by atoms with Crippen molar-refractivity contribution in [2.75, 3.05) is 57.7 Å². The van der Waals surface area contributed by atoms with Crippen LogP contribution in [0.5, 0.6) is 0 Å². The molecule has 1 N–H and O–H groups in total. The summed E-state index contributed by atoms with van der Waals surface area (Å²) in [6.07, 6.45) is 2.07. The molecule has 8 heteroatoms. The average molecular weight is 519 g/mol. The van der Waals surface area contributed by atoms with Crippen LogP contribution in [0.4, 0.5) is 5.82 Å². The number of nitrogens with zero attached hydrogens (tertiary/aromatic N) is 3. The van der Waals surface area contributed by atoms with Gasteiger partial charge in [0.1, 0.15) is 5.82 Å². The van der Waals surface area contributed by atoms with Crippen molar-refractivity contribution in [3.05, 3.63) is 64.8 Å². The SMILES string of the molecule is COCCN(Cc1cc2ccc(SC)cc2nc1N1CCOCC1)C(=O)c1cccc2c(C)c(C)[nH]c12. The topological polar surface area (TPSA) is 70.7 Å². The number of para-hydroxylation sites is 1. The van der Waals surface area contributed by atoms with Gasteiger partial charge in [-0.2, -0.15) is 0 Å². The fourth-order valence-corrected chi connectivity index (χ4v) is 5.40. The van der Waals surface area contributed by atoms with Gasteiger partial charge in [-0.3, -0.25) is 4.79 Å². The van der Waals surface area contributed by atoms with Gasteiger partial charge in [0.25, 0.3) is 5.91 Å². The highest BCUT2D eigenvalue weighted by Crippen LogP contribution is 2.30. The summed E-state index contributed by atoms with van der Waals surface area (Å²) in [6.45, 7) is 8.41. The molecule has 2 aromatic heterocycles.